The van der Waals surface area contributed by atoms with Crippen LogP contribution in [0.4, 0.5) is 17.3 Å². The van der Waals surface area contributed by atoms with Crippen molar-refractivity contribution >= 4 is 28.4 Å². The second-order valence-electron chi connectivity index (χ2n) is 10.1. The Morgan fingerprint density at radius 1 is 1.08 bits per heavy atom. The predicted molar refractivity (Wildman–Crippen MR) is 148 cm³/mol. The summed E-state index contributed by atoms with van der Waals surface area (Å²) >= 11 is 0. The van der Waals surface area contributed by atoms with Gasteiger partial charge in [0.15, 0.2) is 11.5 Å². The number of fused-ring (bicyclic) bond motifs is 1. The highest BCUT2D eigenvalue weighted by molar-refractivity contribution is 5.77. The summed E-state index contributed by atoms with van der Waals surface area (Å²) in [7, 11) is 2.15. The summed E-state index contributed by atoms with van der Waals surface area (Å²) in [6.07, 6.45) is 5.53. The maximum absolute atomic E-state index is 13.2. The molecule has 2 N–H and O–H groups in total. The average Bonchev–Trinajstić information content (AvgIpc) is 3.19. The quantitative estimate of drug-likeness (QED) is 0.364. The fourth-order valence-electron chi connectivity index (χ4n) is 5.13. The van der Waals surface area contributed by atoms with Gasteiger partial charge in [0.25, 0.3) is 5.56 Å². The van der Waals surface area contributed by atoms with E-state index in [2.05, 4.69) is 45.9 Å². The molecule has 3 aromatic heterocycles. The number of rotatable bonds is 7. The number of pyridine rings is 1. The van der Waals surface area contributed by atoms with Crippen LogP contribution in [0, 0.1) is 0 Å². The summed E-state index contributed by atoms with van der Waals surface area (Å²) in [5.74, 6) is 0.890. The van der Waals surface area contributed by atoms with Gasteiger partial charge in [-0.2, -0.15) is 4.98 Å². The van der Waals surface area contributed by atoms with E-state index >= 15 is 0 Å². The van der Waals surface area contributed by atoms with E-state index in [1.165, 1.54) is 10.4 Å². The van der Waals surface area contributed by atoms with Gasteiger partial charge in [-0.25, -0.2) is 19.3 Å². The van der Waals surface area contributed by atoms with Crippen LogP contribution in [-0.4, -0.2) is 67.5 Å². The molecule has 0 unspecified atom stereocenters. The molecule has 4 aromatic rings. The normalized spacial score (nSPS) is 17.4. The number of benzene rings is 1. The molecular weight excluding hydrogens is 480 g/mol. The van der Waals surface area contributed by atoms with Gasteiger partial charge >= 0.3 is 0 Å². The molecule has 1 saturated heterocycles. The first-order valence-electron chi connectivity index (χ1n) is 13.1. The Hall–Kier alpha value is -4.02. The van der Waals surface area contributed by atoms with Crippen molar-refractivity contribution in [3.63, 3.8) is 0 Å². The highest BCUT2D eigenvalue weighted by Crippen LogP contribution is 2.40. The van der Waals surface area contributed by atoms with E-state index in [4.69, 9.17) is 9.97 Å². The van der Waals surface area contributed by atoms with Crippen LogP contribution in [0.25, 0.3) is 16.9 Å². The maximum atomic E-state index is 13.2. The zero-order chi connectivity index (χ0) is 26.3. The van der Waals surface area contributed by atoms with E-state index in [1.807, 2.05) is 30.3 Å². The molecule has 4 heterocycles. The first kappa shape index (κ1) is 24.3. The molecule has 0 amide bonds. The molecule has 38 heavy (non-hydrogen) atoms. The van der Waals surface area contributed by atoms with Crippen LogP contribution in [0.5, 0.6) is 0 Å². The van der Waals surface area contributed by atoms with Gasteiger partial charge < -0.3 is 20.2 Å². The van der Waals surface area contributed by atoms with Gasteiger partial charge in [-0.15, -0.1) is 6.58 Å². The van der Waals surface area contributed by atoms with Crippen LogP contribution in [0.3, 0.4) is 0 Å². The zero-order valence-corrected chi connectivity index (χ0v) is 21.5. The van der Waals surface area contributed by atoms with Crippen LogP contribution in [0.1, 0.15) is 25.0 Å². The minimum absolute atomic E-state index is 0.225. The van der Waals surface area contributed by atoms with Crippen LogP contribution < -0.4 is 15.8 Å². The summed E-state index contributed by atoms with van der Waals surface area (Å²) in [5.41, 5.74) is 1.95. The Morgan fingerprint density at radius 3 is 2.53 bits per heavy atom. The molecule has 0 atom stereocenters. The molecule has 2 fully saturated rings. The largest absolute Gasteiger partial charge is 0.384 e. The SMILES string of the molecule is C=CCn1c(=O)c2cnc(Nc3ccc(N4CCN(C)CC4)cc3)nc2n1-c1cccc(C2(O)CCC2)n1. The molecule has 1 aliphatic heterocycles. The first-order valence-corrected chi connectivity index (χ1v) is 13.1. The topological polar surface area (TPSA) is 104 Å². The number of aliphatic hydroxyl groups is 1. The van der Waals surface area contributed by atoms with Gasteiger partial charge in [-0.1, -0.05) is 12.1 Å². The van der Waals surface area contributed by atoms with Crippen molar-refractivity contribution in [2.45, 2.75) is 31.4 Å². The lowest BCUT2D eigenvalue weighted by Crippen LogP contribution is -2.44. The monoisotopic (exact) mass is 512 g/mol. The number of nitrogens with zero attached hydrogens (tertiary/aromatic N) is 7. The van der Waals surface area contributed by atoms with Gasteiger partial charge in [-0.05, 0) is 62.7 Å². The van der Waals surface area contributed by atoms with E-state index < -0.39 is 5.60 Å². The summed E-state index contributed by atoms with van der Waals surface area (Å²) in [6.45, 7) is 8.22. The lowest BCUT2D eigenvalue weighted by molar-refractivity contribution is -0.0426. The Bertz CT molecular complexity index is 1530. The van der Waals surface area contributed by atoms with Crippen LogP contribution >= 0.6 is 0 Å². The minimum atomic E-state index is -0.916. The third kappa shape index (κ3) is 4.35. The number of hydrogen-bond acceptors (Lipinski definition) is 8. The summed E-state index contributed by atoms with van der Waals surface area (Å²) in [4.78, 5) is 31.9. The van der Waals surface area contributed by atoms with E-state index in [0.29, 0.717) is 41.3 Å². The second kappa shape index (κ2) is 9.70. The van der Waals surface area contributed by atoms with Crippen molar-refractivity contribution < 1.29 is 5.11 Å². The number of allylic oxidation sites excluding steroid dienone is 1. The highest BCUT2D eigenvalue weighted by Gasteiger charge is 2.38. The maximum Gasteiger partial charge on any atom is 0.278 e. The molecule has 0 radical (unpaired) electrons. The molecular formula is C28H32N8O2. The Morgan fingerprint density at radius 2 is 1.84 bits per heavy atom. The second-order valence-corrected chi connectivity index (χ2v) is 10.1. The van der Waals surface area contributed by atoms with E-state index in [1.54, 1.807) is 17.0 Å². The molecule has 0 bridgehead atoms. The van der Waals surface area contributed by atoms with Gasteiger partial charge in [0.2, 0.25) is 5.95 Å². The molecule has 6 rings (SSSR count). The third-order valence-electron chi connectivity index (χ3n) is 7.58. The third-order valence-corrected chi connectivity index (χ3v) is 7.58. The van der Waals surface area contributed by atoms with Gasteiger partial charge in [0.05, 0.1) is 12.2 Å². The average molecular weight is 513 g/mol. The van der Waals surface area contributed by atoms with Crippen molar-refractivity contribution in [2.75, 3.05) is 43.4 Å². The number of likely N-dealkylation sites (N-methyl/N-ethyl adjacent to an activating group) is 1. The van der Waals surface area contributed by atoms with Gasteiger partial charge in [0, 0.05) is 43.8 Å². The molecule has 10 nitrogen and oxygen atoms in total. The van der Waals surface area contributed by atoms with Crippen molar-refractivity contribution in [1.82, 2.24) is 29.2 Å². The van der Waals surface area contributed by atoms with Gasteiger partial charge in [-0.3, -0.25) is 4.79 Å². The zero-order valence-electron chi connectivity index (χ0n) is 21.5. The van der Waals surface area contributed by atoms with Crippen LogP contribution in [0.15, 0.2) is 66.1 Å². The van der Waals surface area contributed by atoms with Crippen molar-refractivity contribution in [3.8, 4) is 5.82 Å². The van der Waals surface area contributed by atoms with E-state index in [9.17, 15) is 9.90 Å². The molecule has 0 spiro atoms. The molecule has 1 aliphatic carbocycles. The fraction of sp³-hybridized carbons (Fsp3) is 0.357. The molecule has 1 aromatic carbocycles. The highest BCUT2D eigenvalue weighted by atomic mass is 16.3. The van der Waals surface area contributed by atoms with E-state index in [-0.39, 0.29) is 12.1 Å². The van der Waals surface area contributed by atoms with Gasteiger partial charge in [0.1, 0.15) is 11.0 Å². The number of piperazine rings is 1. The molecule has 196 valence electrons. The Kier molecular flexibility index (Phi) is 6.21. The van der Waals surface area contributed by atoms with E-state index in [0.717, 1.165) is 38.3 Å². The molecule has 1 saturated carbocycles. The predicted octanol–water partition coefficient (Wildman–Crippen LogP) is 3.03. The standard InChI is InChI=1S/C28H32N8O2/c1-3-14-35-26(37)22-19-29-27(30-20-8-10-21(11-9-20)34-17-15-33(2)16-18-34)32-25(22)36(35)24-7-4-6-23(31-24)28(38)12-5-13-28/h3-4,6-11,19,38H,1,5,12-18H2,2H3,(H,29,30,32). The first-order chi connectivity index (χ1) is 18.4. The fourth-order valence-corrected chi connectivity index (χ4v) is 5.13. The number of anilines is 3. The molecule has 10 heteroatoms. The Balaban J connectivity index is 1.34. The minimum Gasteiger partial charge on any atom is -0.384 e. The summed E-state index contributed by atoms with van der Waals surface area (Å²) in [5, 5.41) is 14.5. The molecule has 2 aliphatic rings. The van der Waals surface area contributed by atoms with Crippen molar-refractivity contribution in [1.29, 1.82) is 0 Å². The van der Waals surface area contributed by atoms with Crippen LogP contribution in [0.2, 0.25) is 0 Å². The number of aromatic nitrogens is 5. The lowest BCUT2D eigenvalue weighted by atomic mass is 9.77. The summed E-state index contributed by atoms with van der Waals surface area (Å²) < 4.78 is 3.23. The Labute approximate surface area is 220 Å². The number of nitrogens with one attached hydrogen (secondary N) is 1. The summed E-state index contributed by atoms with van der Waals surface area (Å²) in [6, 6.07) is 13.7. The van der Waals surface area contributed by atoms with Crippen molar-refractivity contribution in [3.05, 3.63) is 77.4 Å². The number of hydrogen-bond donors (Lipinski definition) is 2. The van der Waals surface area contributed by atoms with Crippen molar-refractivity contribution in [2.24, 2.45) is 0 Å². The lowest BCUT2D eigenvalue weighted by Gasteiger charge is -2.36. The van der Waals surface area contributed by atoms with Crippen LogP contribution in [-0.2, 0) is 12.1 Å². The smallest absolute Gasteiger partial charge is 0.278 e.